The minimum atomic E-state index is -0.819. The molecule has 3 aliphatic carbocycles. The van der Waals surface area contributed by atoms with E-state index in [-0.39, 0.29) is 52.9 Å². The van der Waals surface area contributed by atoms with Crippen LogP contribution in [0.4, 0.5) is 4.39 Å². The van der Waals surface area contributed by atoms with Crippen LogP contribution in [0.15, 0.2) is 12.1 Å². The topological polar surface area (TPSA) is 114 Å². The highest BCUT2D eigenvalue weighted by molar-refractivity contribution is 5.98. The van der Waals surface area contributed by atoms with Crippen molar-refractivity contribution in [3.63, 3.8) is 0 Å². The summed E-state index contributed by atoms with van der Waals surface area (Å²) in [5.74, 6) is -1.66. The van der Waals surface area contributed by atoms with E-state index >= 15 is 0 Å². The molecular weight excluding hydrogens is 479 g/mol. The number of aliphatic carboxylic acids is 1. The minimum absolute atomic E-state index is 0.00939. The fraction of sp³-hybridized carbons (Fsp3) is 0.679. The highest BCUT2D eigenvalue weighted by atomic mass is 19.1. The van der Waals surface area contributed by atoms with Crippen molar-refractivity contribution in [1.82, 2.24) is 10.6 Å². The number of methoxy groups -OCH3 is 1. The molecule has 3 saturated carbocycles. The lowest BCUT2D eigenvalue weighted by Gasteiger charge is -2.31. The number of carbonyl (C=O) groups excluding carboxylic acids is 2. The summed E-state index contributed by atoms with van der Waals surface area (Å²) < 4.78 is 26.0. The van der Waals surface area contributed by atoms with Crippen LogP contribution in [0.1, 0.15) is 75.6 Å². The fourth-order valence-electron chi connectivity index (χ4n) is 6.22. The Morgan fingerprint density at radius 1 is 1.08 bits per heavy atom. The first kappa shape index (κ1) is 27.2. The maximum atomic E-state index is 14.8. The van der Waals surface area contributed by atoms with Crippen LogP contribution in [0.25, 0.3) is 0 Å². The third-order valence-corrected chi connectivity index (χ3v) is 8.65. The largest absolute Gasteiger partial charge is 0.496 e. The molecule has 0 saturated heterocycles. The number of nitrogens with one attached hydrogen (secondary N) is 2. The molecule has 0 spiro atoms. The number of hydrogen-bond acceptors (Lipinski definition) is 5. The average Bonchev–Trinajstić information content (AvgIpc) is 3.50. The molecule has 4 rings (SSSR count). The molecule has 8 nitrogen and oxygen atoms in total. The molecule has 1 aromatic carbocycles. The quantitative estimate of drug-likeness (QED) is 0.429. The van der Waals surface area contributed by atoms with Crippen LogP contribution in [-0.4, -0.2) is 48.7 Å². The van der Waals surface area contributed by atoms with Crippen LogP contribution in [0.5, 0.6) is 11.5 Å². The molecular formula is C28H39FN2O6. The molecule has 3 N–H and O–H groups in total. The predicted octanol–water partition coefficient (Wildman–Crippen LogP) is 4.16. The van der Waals surface area contributed by atoms with Crippen molar-refractivity contribution in [2.24, 2.45) is 29.6 Å². The third-order valence-electron chi connectivity index (χ3n) is 8.65. The highest BCUT2D eigenvalue weighted by Gasteiger charge is 2.51. The summed E-state index contributed by atoms with van der Waals surface area (Å²) in [6.07, 6.45) is 5.47. The lowest BCUT2D eigenvalue weighted by Crippen LogP contribution is -2.50. The normalized spacial score (nSPS) is 29.4. The predicted molar refractivity (Wildman–Crippen MR) is 135 cm³/mol. The van der Waals surface area contributed by atoms with Crippen molar-refractivity contribution >= 4 is 17.8 Å². The molecule has 0 radical (unpaired) electrons. The molecule has 9 heteroatoms. The first-order valence-corrected chi connectivity index (χ1v) is 13.6. The molecule has 3 aliphatic rings. The van der Waals surface area contributed by atoms with Gasteiger partial charge >= 0.3 is 5.97 Å². The van der Waals surface area contributed by atoms with E-state index in [0.29, 0.717) is 38.1 Å². The molecule has 0 heterocycles. The van der Waals surface area contributed by atoms with Gasteiger partial charge in [0.25, 0.3) is 5.91 Å². The molecule has 2 amide bonds. The molecule has 2 bridgehead atoms. The van der Waals surface area contributed by atoms with E-state index in [0.717, 1.165) is 31.7 Å². The SMILES string of the molecule is CCC(C)CNC(=O)C1C(NC(=O)c2cc(OC3CCC(C(=O)O)CC3)c(F)cc2OC)[C@@H]2CC[C@H]1C2. The molecule has 0 aromatic heterocycles. The third kappa shape index (κ3) is 6.02. The maximum absolute atomic E-state index is 14.8. The van der Waals surface area contributed by atoms with Gasteiger partial charge in [-0.15, -0.1) is 0 Å². The van der Waals surface area contributed by atoms with E-state index in [4.69, 9.17) is 9.47 Å². The second kappa shape index (κ2) is 11.7. The van der Waals surface area contributed by atoms with Crippen LogP contribution in [0.3, 0.4) is 0 Å². The fourth-order valence-corrected chi connectivity index (χ4v) is 6.22. The number of carboxylic acids is 1. The molecule has 5 atom stereocenters. The van der Waals surface area contributed by atoms with E-state index in [1.807, 2.05) is 0 Å². The molecule has 37 heavy (non-hydrogen) atoms. The number of fused-ring (bicyclic) bond motifs is 2. The van der Waals surface area contributed by atoms with Gasteiger partial charge in [0.15, 0.2) is 11.6 Å². The van der Waals surface area contributed by atoms with Gasteiger partial charge in [-0.05, 0) is 68.8 Å². The van der Waals surface area contributed by atoms with Crippen LogP contribution in [0.2, 0.25) is 0 Å². The maximum Gasteiger partial charge on any atom is 0.306 e. The van der Waals surface area contributed by atoms with Crippen molar-refractivity contribution in [3.05, 3.63) is 23.5 Å². The van der Waals surface area contributed by atoms with Crippen molar-refractivity contribution in [3.8, 4) is 11.5 Å². The van der Waals surface area contributed by atoms with Gasteiger partial charge in [-0.25, -0.2) is 4.39 Å². The molecule has 204 valence electrons. The average molecular weight is 519 g/mol. The van der Waals surface area contributed by atoms with Crippen LogP contribution in [-0.2, 0) is 9.59 Å². The zero-order valence-corrected chi connectivity index (χ0v) is 21.9. The van der Waals surface area contributed by atoms with E-state index < -0.39 is 23.6 Å². The van der Waals surface area contributed by atoms with Gasteiger partial charge in [0, 0.05) is 18.7 Å². The van der Waals surface area contributed by atoms with Crippen LogP contribution in [0, 0.1) is 35.4 Å². The number of ether oxygens (including phenoxy) is 2. The second-order valence-corrected chi connectivity index (χ2v) is 11.0. The Balaban J connectivity index is 1.47. The summed E-state index contributed by atoms with van der Waals surface area (Å²) >= 11 is 0. The molecule has 3 unspecified atom stereocenters. The summed E-state index contributed by atoms with van der Waals surface area (Å²) in [5, 5.41) is 15.4. The van der Waals surface area contributed by atoms with Gasteiger partial charge in [-0.3, -0.25) is 14.4 Å². The number of halogens is 1. The Morgan fingerprint density at radius 3 is 2.43 bits per heavy atom. The van der Waals surface area contributed by atoms with Gasteiger partial charge < -0.3 is 25.2 Å². The Morgan fingerprint density at radius 2 is 1.78 bits per heavy atom. The summed E-state index contributed by atoms with van der Waals surface area (Å²) in [5.41, 5.74) is 0.152. The van der Waals surface area contributed by atoms with Crippen LogP contribution >= 0.6 is 0 Å². The minimum Gasteiger partial charge on any atom is -0.496 e. The number of rotatable bonds is 10. The Labute approximate surface area is 217 Å². The number of hydrogen-bond donors (Lipinski definition) is 3. The van der Waals surface area contributed by atoms with E-state index in [1.54, 1.807) is 0 Å². The van der Waals surface area contributed by atoms with Gasteiger partial charge in [-0.2, -0.15) is 0 Å². The van der Waals surface area contributed by atoms with E-state index in [1.165, 1.54) is 13.2 Å². The number of carbonyl (C=O) groups is 3. The summed E-state index contributed by atoms with van der Waals surface area (Å²) in [4.78, 5) is 37.8. The van der Waals surface area contributed by atoms with Crippen molar-refractivity contribution in [2.45, 2.75) is 77.4 Å². The first-order chi connectivity index (χ1) is 17.7. The molecule has 1 aromatic rings. The standard InChI is InChI=1S/C28H39FN2O6/c1-4-15(2)14-30-27(33)24-17-5-6-18(11-17)25(24)31-26(32)20-12-23(21(29)13-22(20)36-3)37-19-9-7-16(8-10-19)28(34)35/h12-13,15-19,24-25H,4-11,14H2,1-3H3,(H,30,33)(H,31,32)(H,34,35)/t15?,16?,17-,18+,19?,24?,25?/m0/s1. The van der Waals surface area contributed by atoms with Crippen molar-refractivity contribution in [1.29, 1.82) is 0 Å². The molecule has 0 aliphatic heterocycles. The van der Waals surface area contributed by atoms with E-state index in [2.05, 4.69) is 24.5 Å². The van der Waals surface area contributed by atoms with Gasteiger partial charge in [0.1, 0.15) is 5.75 Å². The summed E-state index contributed by atoms with van der Waals surface area (Å²) in [7, 11) is 1.38. The van der Waals surface area contributed by atoms with E-state index in [9.17, 15) is 23.9 Å². The highest BCUT2D eigenvalue weighted by Crippen LogP contribution is 2.49. The van der Waals surface area contributed by atoms with Gasteiger partial charge in [0.05, 0.1) is 30.6 Å². The number of carboxylic acid groups (broad SMARTS) is 1. The zero-order chi connectivity index (χ0) is 26.7. The van der Waals surface area contributed by atoms with Gasteiger partial charge in [-0.1, -0.05) is 20.3 Å². The smallest absolute Gasteiger partial charge is 0.306 e. The van der Waals surface area contributed by atoms with Crippen molar-refractivity contribution in [2.75, 3.05) is 13.7 Å². The number of benzene rings is 1. The lowest BCUT2D eigenvalue weighted by atomic mass is 9.83. The van der Waals surface area contributed by atoms with Gasteiger partial charge in [0.2, 0.25) is 5.91 Å². The van der Waals surface area contributed by atoms with Crippen molar-refractivity contribution < 1.29 is 33.4 Å². The summed E-state index contributed by atoms with van der Waals surface area (Å²) in [6.45, 7) is 4.80. The zero-order valence-electron chi connectivity index (χ0n) is 21.9. The Hall–Kier alpha value is -2.84. The Bertz CT molecular complexity index is 1010. The monoisotopic (exact) mass is 518 g/mol. The number of amides is 2. The van der Waals surface area contributed by atoms with Crippen LogP contribution < -0.4 is 20.1 Å². The first-order valence-electron chi connectivity index (χ1n) is 13.6. The Kier molecular flexibility index (Phi) is 8.60. The summed E-state index contributed by atoms with van der Waals surface area (Å²) in [6, 6.07) is 2.22. The molecule has 3 fully saturated rings. The second-order valence-electron chi connectivity index (χ2n) is 11.0. The lowest BCUT2D eigenvalue weighted by molar-refractivity contribution is -0.143.